The highest BCUT2D eigenvalue weighted by molar-refractivity contribution is 7.89. The van der Waals surface area contributed by atoms with Gasteiger partial charge in [0.05, 0.1) is 17.9 Å². The number of sulfonamides is 1. The van der Waals surface area contributed by atoms with Crippen LogP contribution in [0.15, 0.2) is 29.2 Å². The Balaban J connectivity index is 2.97. The smallest absolute Gasteiger partial charge is 0.324 e. The molecule has 116 valence electrons. The summed E-state index contributed by atoms with van der Waals surface area (Å²) < 4.78 is 31.0. The van der Waals surface area contributed by atoms with Crippen molar-refractivity contribution >= 4 is 22.0 Å². The minimum Gasteiger partial charge on any atom is -0.481 e. The van der Waals surface area contributed by atoms with Crippen molar-refractivity contribution in [1.29, 1.82) is 0 Å². The zero-order valence-corrected chi connectivity index (χ0v) is 12.5. The number of aliphatic carboxylic acids is 1. The first kappa shape index (κ1) is 17.1. The molecule has 1 aromatic rings. The van der Waals surface area contributed by atoms with Crippen molar-refractivity contribution in [2.24, 2.45) is 0 Å². The van der Waals surface area contributed by atoms with Gasteiger partial charge in [-0.25, -0.2) is 8.42 Å². The first-order valence-corrected chi connectivity index (χ1v) is 7.72. The molecular formula is C13H17NO6S. The molecular weight excluding hydrogens is 298 g/mol. The zero-order chi connectivity index (χ0) is 16.0. The Bertz CT molecular complexity index is 608. The van der Waals surface area contributed by atoms with Crippen LogP contribution in [0, 0.1) is 6.92 Å². The summed E-state index contributed by atoms with van der Waals surface area (Å²) in [6, 6.07) is 4.49. The van der Waals surface area contributed by atoms with Crippen LogP contribution in [0.25, 0.3) is 0 Å². The second-order valence-corrected chi connectivity index (χ2v) is 6.05. The minimum absolute atomic E-state index is 0.0290. The molecule has 0 bridgehead atoms. The van der Waals surface area contributed by atoms with Gasteiger partial charge in [0.25, 0.3) is 0 Å². The van der Waals surface area contributed by atoms with Gasteiger partial charge in [-0.1, -0.05) is 17.7 Å². The first-order chi connectivity index (χ1) is 9.76. The molecule has 0 aliphatic rings. The zero-order valence-electron chi connectivity index (χ0n) is 11.7. The van der Waals surface area contributed by atoms with Crippen molar-refractivity contribution < 1.29 is 27.9 Å². The number of nitrogens with one attached hydrogen (secondary N) is 1. The molecule has 21 heavy (non-hydrogen) atoms. The van der Waals surface area contributed by atoms with E-state index in [0.717, 1.165) is 5.56 Å². The van der Waals surface area contributed by atoms with E-state index in [4.69, 9.17) is 5.11 Å². The predicted octanol–water partition coefficient (Wildman–Crippen LogP) is 0.680. The van der Waals surface area contributed by atoms with Crippen LogP contribution < -0.4 is 4.72 Å². The Labute approximate surface area is 123 Å². The van der Waals surface area contributed by atoms with Crippen molar-refractivity contribution in [1.82, 2.24) is 4.72 Å². The lowest BCUT2D eigenvalue weighted by molar-refractivity contribution is -0.149. The molecule has 0 saturated carbocycles. The SMILES string of the molecule is CCOC(=O)C(CC(=O)O)NS(=O)(=O)c1ccc(C)cc1. The summed E-state index contributed by atoms with van der Waals surface area (Å²) in [6.45, 7) is 3.38. The van der Waals surface area contributed by atoms with Crippen molar-refractivity contribution in [2.75, 3.05) is 6.61 Å². The van der Waals surface area contributed by atoms with Crippen LogP contribution in [0.5, 0.6) is 0 Å². The molecule has 0 fully saturated rings. The second-order valence-electron chi connectivity index (χ2n) is 4.34. The van der Waals surface area contributed by atoms with Crippen LogP contribution in [0.3, 0.4) is 0 Å². The lowest BCUT2D eigenvalue weighted by Gasteiger charge is -2.15. The Morgan fingerprint density at radius 2 is 1.86 bits per heavy atom. The van der Waals surface area contributed by atoms with Crippen LogP contribution in [-0.4, -0.2) is 38.1 Å². The Kier molecular flexibility index (Phi) is 5.86. The predicted molar refractivity (Wildman–Crippen MR) is 74.2 cm³/mol. The maximum Gasteiger partial charge on any atom is 0.324 e. The van der Waals surface area contributed by atoms with Crippen molar-refractivity contribution in [3.63, 3.8) is 0 Å². The normalized spacial score (nSPS) is 12.7. The first-order valence-electron chi connectivity index (χ1n) is 6.23. The number of esters is 1. The number of carbonyl (C=O) groups is 2. The third-order valence-corrected chi connectivity index (χ3v) is 4.07. The maximum atomic E-state index is 12.1. The molecule has 0 heterocycles. The van der Waals surface area contributed by atoms with Gasteiger partial charge in [-0.15, -0.1) is 0 Å². The third kappa shape index (κ3) is 5.16. The van der Waals surface area contributed by atoms with E-state index in [-0.39, 0.29) is 11.5 Å². The largest absolute Gasteiger partial charge is 0.481 e. The number of hydrogen-bond donors (Lipinski definition) is 2. The topological polar surface area (TPSA) is 110 Å². The molecule has 0 saturated heterocycles. The quantitative estimate of drug-likeness (QED) is 0.716. The monoisotopic (exact) mass is 315 g/mol. The number of ether oxygens (including phenoxy) is 1. The Morgan fingerprint density at radius 1 is 1.29 bits per heavy atom. The van der Waals surface area contributed by atoms with Gasteiger partial charge in [0.2, 0.25) is 10.0 Å². The Morgan fingerprint density at radius 3 is 2.33 bits per heavy atom. The van der Waals surface area contributed by atoms with E-state index in [0.29, 0.717) is 0 Å². The van der Waals surface area contributed by atoms with Crippen LogP contribution in [0.1, 0.15) is 18.9 Å². The molecule has 0 amide bonds. The number of hydrogen-bond acceptors (Lipinski definition) is 5. The van der Waals surface area contributed by atoms with E-state index in [9.17, 15) is 18.0 Å². The molecule has 1 atom stereocenters. The fraction of sp³-hybridized carbons (Fsp3) is 0.385. The molecule has 0 spiro atoms. The molecule has 0 aromatic heterocycles. The average molecular weight is 315 g/mol. The second kappa shape index (κ2) is 7.19. The average Bonchev–Trinajstić information content (AvgIpc) is 2.38. The highest BCUT2D eigenvalue weighted by Crippen LogP contribution is 2.11. The van der Waals surface area contributed by atoms with Gasteiger partial charge >= 0.3 is 11.9 Å². The molecule has 2 N–H and O–H groups in total. The van der Waals surface area contributed by atoms with E-state index in [2.05, 4.69) is 9.46 Å². The number of benzene rings is 1. The molecule has 8 heteroatoms. The van der Waals surface area contributed by atoms with Gasteiger partial charge in [-0.2, -0.15) is 4.72 Å². The summed E-state index contributed by atoms with van der Waals surface area (Å²) in [5, 5.41) is 8.76. The van der Waals surface area contributed by atoms with E-state index in [1.807, 2.05) is 0 Å². The Hall–Kier alpha value is -1.93. The lowest BCUT2D eigenvalue weighted by Crippen LogP contribution is -2.43. The van der Waals surface area contributed by atoms with E-state index >= 15 is 0 Å². The summed E-state index contributed by atoms with van der Waals surface area (Å²) >= 11 is 0. The summed E-state index contributed by atoms with van der Waals surface area (Å²) in [4.78, 5) is 22.3. The van der Waals surface area contributed by atoms with E-state index < -0.39 is 34.4 Å². The molecule has 0 radical (unpaired) electrons. The van der Waals surface area contributed by atoms with Crippen molar-refractivity contribution in [3.05, 3.63) is 29.8 Å². The molecule has 1 aromatic carbocycles. The van der Waals surface area contributed by atoms with E-state index in [1.165, 1.54) is 12.1 Å². The summed E-state index contributed by atoms with van der Waals surface area (Å²) in [6.07, 6.45) is -0.691. The third-order valence-electron chi connectivity index (χ3n) is 2.58. The van der Waals surface area contributed by atoms with Crippen molar-refractivity contribution in [3.8, 4) is 0 Å². The lowest BCUT2D eigenvalue weighted by atomic mass is 10.2. The van der Waals surface area contributed by atoms with Gasteiger partial charge in [-0.3, -0.25) is 9.59 Å². The van der Waals surface area contributed by atoms with Gasteiger partial charge in [-0.05, 0) is 26.0 Å². The van der Waals surface area contributed by atoms with Crippen LogP contribution in [0.2, 0.25) is 0 Å². The standard InChI is InChI=1S/C13H17NO6S/c1-3-20-13(17)11(8-12(15)16)14-21(18,19)10-6-4-9(2)5-7-10/h4-7,11,14H,3,8H2,1-2H3,(H,15,16). The number of rotatable bonds is 7. The molecule has 1 rings (SSSR count). The number of carboxylic acid groups (broad SMARTS) is 1. The van der Waals surface area contributed by atoms with Gasteiger partial charge < -0.3 is 9.84 Å². The maximum absolute atomic E-state index is 12.1. The molecule has 0 aliphatic carbocycles. The van der Waals surface area contributed by atoms with Crippen LogP contribution >= 0.6 is 0 Å². The highest BCUT2D eigenvalue weighted by Gasteiger charge is 2.28. The number of aryl methyl sites for hydroxylation is 1. The number of carboxylic acids is 1. The molecule has 0 aliphatic heterocycles. The fourth-order valence-corrected chi connectivity index (χ4v) is 2.75. The molecule has 7 nitrogen and oxygen atoms in total. The number of carbonyl (C=O) groups excluding carboxylic acids is 1. The van der Waals surface area contributed by atoms with Crippen molar-refractivity contribution in [2.45, 2.75) is 31.2 Å². The van der Waals surface area contributed by atoms with Gasteiger partial charge in [0.1, 0.15) is 6.04 Å². The fourth-order valence-electron chi connectivity index (χ4n) is 1.56. The van der Waals surface area contributed by atoms with Gasteiger partial charge in [0.15, 0.2) is 0 Å². The molecule has 1 unspecified atom stereocenters. The summed E-state index contributed by atoms with van der Waals surface area (Å²) in [5.74, 6) is -2.23. The summed E-state index contributed by atoms with van der Waals surface area (Å²) in [5.41, 5.74) is 0.876. The van der Waals surface area contributed by atoms with Crippen LogP contribution in [-0.2, 0) is 24.3 Å². The van der Waals surface area contributed by atoms with Gasteiger partial charge in [0, 0.05) is 0 Å². The van der Waals surface area contributed by atoms with Crippen LogP contribution in [0.4, 0.5) is 0 Å². The minimum atomic E-state index is -4.00. The highest BCUT2D eigenvalue weighted by atomic mass is 32.2. The van der Waals surface area contributed by atoms with E-state index in [1.54, 1.807) is 26.0 Å². The summed E-state index contributed by atoms with van der Waals surface area (Å²) in [7, 11) is -4.00.